The summed E-state index contributed by atoms with van der Waals surface area (Å²) >= 11 is 0. The lowest BCUT2D eigenvalue weighted by molar-refractivity contribution is 0.102. The van der Waals surface area contributed by atoms with E-state index in [9.17, 15) is 9.59 Å². The molecule has 0 fully saturated rings. The molecule has 2 N–H and O–H groups in total. The van der Waals surface area contributed by atoms with Crippen molar-refractivity contribution >= 4 is 28.4 Å². The molecule has 0 atom stereocenters. The fourth-order valence-electron chi connectivity index (χ4n) is 4.25. The molecule has 0 radical (unpaired) electrons. The summed E-state index contributed by atoms with van der Waals surface area (Å²) in [5, 5.41) is 15.5. The molecule has 1 aliphatic heterocycles. The van der Waals surface area contributed by atoms with Gasteiger partial charge in [0.1, 0.15) is 22.5 Å². The Morgan fingerprint density at radius 2 is 1.94 bits per heavy atom. The molecule has 0 bridgehead atoms. The molecule has 1 amide bonds. The topological polar surface area (TPSA) is 137 Å². The van der Waals surface area contributed by atoms with Crippen LogP contribution in [0.4, 0.5) is 5.82 Å². The number of anilines is 1. The Balaban J connectivity index is 1.57. The molecule has 180 valence electrons. The van der Waals surface area contributed by atoms with Crippen molar-refractivity contribution in [2.75, 3.05) is 12.1 Å². The van der Waals surface area contributed by atoms with E-state index in [1.807, 2.05) is 25.1 Å². The summed E-state index contributed by atoms with van der Waals surface area (Å²) in [6.45, 7) is 3.87. The lowest BCUT2D eigenvalue weighted by Gasteiger charge is -2.15. The van der Waals surface area contributed by atoms with Gasteiger partial charge in [-0.25, -0.2) is 4.98 Å². The Morgan fingerprint density at radius 3 is 2.75 bits per heavy atom. The van der Waals surface area contributed by atoms with Gasteiger partial charge in [0.2, 0.25) is 6.79 Å². The molecular formula is C25H20N6O5. The quantitative estimate of drug-likeness (QED) is 0.374. The van der Waals surface area contributed by atoms with Crippen molar-refractivity contribution in [1.82, 2.24) is 19.1 Å². The first kappa shape index (κ1) is 21.6. The van der Waals surface area contributed by atoms with Gasteiger partial charge in [-0.2, -0.15) is 0 Å². The number of hydrogen-bond donors (Lipinski definition) is 2. The average molecular weight is 484 g/mol. The summed E-state index contributed by atoms with van der Waals surface area (Å²) in [7, 11) is 0. The van der Waals surface area contributed by atoms with Gasteiger partial charge in [-0.1, -0.05) is 17.3 Å². The smallest absolute Gasteiger partial charge is 0.267 e. The van der Waals surface area contributed by atoms with Gasteiger partial charge in [0, 0.05) is 12.3 Å². The van der Waals surface area contributed by atoms with E-state index < -0.39 is 5.91 Å². The summed E-state index contributed by atoms with van der Waals surface area (Å²) in [5.41, 5.74) is 1.91. The molecule has 0 aliphatic carbocycles. The van der Waals surface area contributed by atoms with Crippen LogP contribution < -0.4 is 25.8 Å². The second kappa shape index (κ2) is 8.08. The van der Waals surface area contributed by atoms with Gasteiger partial charge in [-0.3, -0.25) is 19.4 Å². The molecular weight excluding hydrogens is 464 g/mol. The van der Waals surface area contributed by atoms with Crippen LogP contribution in [0.1, 0.15) is 27.2 Å². The van der Waals surface area contributed by atoms with Crippen LogP contribution in [0.2, 0.25) is 0 Å². The molecule has 5 heterocycles. The number of aryl methyl sites for hydroxylation is 2. The predicted molar refractivity (Wildman–Crippen MR) is 128 cm³/mol. The van der Waals surface area contributed by atoms with E-state index in [0.29, 0.717) is 28.6 Å². The largest absolute Gasteiger partial charge is 0.454 e. The van der Waals surface area contributed by atoms with Crippen LogP contribution in [-0.4, -0.2) is 31.8 Å². The molecule has 0 saturated heterocycles. The van der Waals surface area contributed by atoms with E-state index in [-0.39, 0.29) is 41.2 Å². The van der Waals surface area contributed by atoms with Crippen molar-refractivity contribution in [2.24, 2.45) is 0 Å². The van der Waals surface area contributed by atoms with Gasteiger partial charge in [0.05, 0.1) is 17.5 Å². The lowest BCUT2D eigenvalue weighted by atomic mass is 10.1. The maximum Gasteiger partial charge on any atom is 0.267 e. The summed E-state index contributed by atoms with van der Waals surface area (Å²) < 4.78 is 18.9. The Bertz CT molecular complexity index is 1820. The highest BCUT2D eigenvalue weighted by atomic mass is 16.7. The maximum atomic E-state index is 13.5. The number of nitrogens with one attached hydrogen (secondary N) is 2. The first-order valence-corrected chi connectivity index (χ1v) is 11.1. The molecule has 11 heteroatoms. The number of fused-ring (bicyclic) bond motifs is 3. The minimum Gasteiger partial charge on any atom is -0.454 e. The van der Waals surface area contributed by atoms with Crippen LogP contribution in [0.25, 0.3) is 16.7 Å². The minimum absolute atomic E-state index is 0.00426. The average Bonchev–Trinajstić information content (AvgIpc) is 3.49. The van der Waals surface area contributed by atoms with Crippen LogP contribution in [-0.2, 0) is 6.54 Å². The summed E-state index contributed by atoms with van der Waals surface area (Å²) in [4.78, 5) is 31.4. The molecule has 0 unspecified atom stereocenters. The number of nitrogens with zero attached hydrogens (tertiary/aromatic N) is 4. The second-order valence-electron chi connectivity index (χ2n) is 8.50. The van der Waals surface area contributed by atoms with Crippen molar-refractivity contribution in [3.05, 3.63) is 87.0 Å². The van der Waals surface area contributed by atoms with Crippen LogP contribution in [0.15, 0.2) is 58.0 Å². The molecule has 36 heavy (non-hydrogen) atoms. The monoisotopic (exact) mass is 484 g/mol. The summed E-state index contributed by atoms with van der Waals surface area (Å²) in [6.07, 6.45) is 1.63. The van der Waals surface area contributed by atoms with E-state index in [1.165, 1.54) is 10.5 Å². The van der Waals surface area contributed by atoms with Crippen molar-refractivity contribution in [2.45, 2.75) is 20.4 Å². The maximum absolute atomic E-state index is 13.5. The number of carbonyl (C=O) groups is 1. The van der Waals surface area contributed by atoms with E-state index in [0.717, 1.165) is 11.1 Å². The number of amides is 1. The van der Waals surface area contributed by atoms with Crippen molar-refractivity contribution in [3.8, 4) is 11.5 Å². The number of aromatic nitrogens is 4. The Hall–Kier alpha value is -4.93. The summed E-state index contributed by atoms with van der Waals surface area (Å²) in [5.74, 6) is 1.37. The minimum atomic E-state index is -0.594. The summed E-state index contributed by atoms with van der Waals surface area (Å²) in [6, 6.07) is 12.0. The standard InChI is InChI=1S/C25H20N6O5/c1-13-4-3-7-30-22(13)28-23-17(25(30)33)10-16(24(32)27-20-8-14(2)36-29-20)21(26)31(23)11-15-5-6-18-19(9-15)35-12-34-18/h3-10,26H,11-12H2,1-2H3,(H,27,29,32). The van der Waals surface area contributed by atoms with Gasteiger partial charge in [-0.15, -0.1) is 0 Å². The third-order valence-electron chi connectivity index (χ3n) is 6.03. The zero-order valence-corrected chi connectivity index (χ0v) is 19.4. The third-order valence-corrected chi connectivity index (χ3v) is 6.03. The van der Waals surface area contributed by atoms with Crippen molar-refractivity contribution < 1.29 is 18.8 Å². The lowest BCUT2D eigenvalue weighted by Crippen LogP contribution is -2.32. The highest BCUT2D eigenvalue weighted by molar-refractivity contribution is 6.05. The van der Waals surface area contributed by atoms with E-state index >= 15 is 0 Å². The van der Waals surface area contributed by atoms with Gasteiger partial charge < -0.3 is 23.9 Å². The van der Waals surface area contributed by atoms with E-state index in [1.54, 1.807) is 35.9 Å². The first-order chi connectivity index (χ1) is 17.4. The van der Waals surface area contributed by atoms with Gasteiger partial charge >= 0.3 is 0 Å². The van der Waals surface area contributed by atoms with Crippen LogP contribution >= 0.6 is 0 Å². The molecule has 0 spiro atoms. The first-order valence-electron chi connectivity index (χ1n) is 11.1. The SMILES string of the molecule is Cc1cc(NC(=O)c2cc3c(=O)n4cccc(C)c4nc3n(Cc3ccc4c(c3)OCO4)c2=N)no1. The fraction of sp³-hybridized carbons (Fsp3) is 0.160. The van der Waals surface area contributed by atoms with E-state index in [2.05, 4.69) is 10.5 Å². The number of carbonyl (C=O) groups excluding carboxylic acids is 1. The highest BCUT2D eigenvalue weighted by Gasteiger charge is 2.20. The molecule has 5 aromatic rings. The Labute approximate surface area is 203 Å². The third kappa shape index (κ3) is 3.49. The molecule has 4 aromatic heterocycles. The zero-order valence-electron chi connectivity index (χ0n) is 19.4. The number of ether oxygens (including phenoxy) is 2. The van der Waals surface area contributed by atoms with Crippen LogP contribution in [0.3, 0.4) is 0 Å². The normalized spacial score (nSPS) is 12.4. The highest BCUT2D eigenvalue weighted by Crippen LogP contribution is 2.32. The molecule has 11 nitrogen and oxygen atoms in total. The van der Waals surface area contributed by atoms with Crippen molar-refractivity contribution in [1.29, 1.82) is 5.41 Å². The number of benzene rings is 1. The van der Waals surface area contributed by atoms with Crippen LogP contribution in [0, 0.1) is 19.3 Å². The van der Waals surface area contributed by atoms with Gasteiger partial charge in [0.15, 0.2) is 17.3 Å². The number of rotatable bonds is 4. The number of hydrogen-bond acceptors (Lipinski definition) is 8. The molecule has 0 saturated carbocycles. The van der Waals surface area contributed by atoms with Gasteiger partial charge in [-0.05, 0) is 49.2 Å². The Morgan fingerprint density at radius 1 is 1.11 bits per heavy atom. The fourth-order valence-corrected chi connectivity index (χ4v) is 4.25. The van der Waals surface area contributed by atoms with E-state index in [4.69, 9.17) is 24.4 Å². The number of pyridine rings is 2. The Kier molecular flexibility index (Phi) is 4.85. The second-order valence-corrected chi connectivity index (χ2v) is 8.50. The molecule has 6 rings (SSSR count). The zero-order chi connectivity index (χ0) is 25.0. The molecule has 1 aliphatic rings. The van der Waals surface area contributed by atoms with Crippen molar-refractivity contribution in [3.63, 3.8) is 0 Å². The van der Waals surface area contributed by atoms with Crippen LogP contribution in [0.5, 0.6) is 11.5 Å². The van der Waals surface area contributed by atoms with Gasteiger partial charge in [0.25, 0.3) is 11.5 Å². The molecule has 1 aromatic carbocycles. The predicted octanol–water partition coefficient (Wildman–Crippen LogP) is 2.76.